The van der Waals surface area contributed by atoms with Crippen LogP contribution in [0.5, 0.6) is 0 Å². The third-order valence-corrected chi connectivity index (χ3v) is 2.57. The maximum Gasteiger partial charge on any atom is 0.508 e. The molecule has 118 valence electrons. The molecule has 1 heterocycles. The second-order valence-electron chi connectivity index (χ2n) is 4.96. The molecule has 1 atom stereocenters. The van der Waals surface area contributed by atoms with Crippen LogP contribution in [0.2, 0.25) is 0 Å². The van der Waals surface area contributed by atoms with Crippen molar-refractivity contribution in [3.8, 4) is 0 Å². The average Bonchev–Trinajstić information content (AvgIpc) is 2.61. The highest BCUT2D eigenvalue weighted by Crippen LogP contribution is 2.23. The Balaban J connectivity index is 0.000000441. The minimum Gasteiger partial charge on any atom is -0.462 e. The van der Waals surface area contributed by atoms with Crippen molar-refractivity contribution in [2.75, 3.05) is 20.1 Å². The highest BCUT2D eigenvalue weighted by Gasteiger charge is 2.40. The van der Waals surface area contributed by atoms with Crippen molar-refractivity contribution >= 4 is 17.6 Å². The van der Waals surface area contributed by atoms with Crippen molar-refractivity contribution in [2.24, 2.45) is 0 Å². The van der Waals surface area contributed by atoms with E-state index in [2.05, 4.69) is 8.92 Å². The third-order valence-electron chi connectivity index (χ3n) is 1.83. The van der Waals surface area contributed by atoms with Gasteiger partial charge in [0, 0.05) is 6.54 Å². The van der Waals surface area contributed by atoms with Gasteiger partial charge in [0.25, 0.3) is 6.47 Å². The Morgan fingerprint density at radius 3 is 2.15 bits per heavy atom. The molecule has 5 nitrogen and oxygen atoms in total. The fourth-order valence-electron chi connectivity index (χ4n) is 1.00. The summed E-state index contributed by atoms with van der Waals surface area (Å²) >= 11 is -3.24. The Morgan fingerprint density at radius 1 is 1.35 bits per heavy atom. The topological polar surface area (TPSA) is 55.8 Å². The van der Waals surface area contributed by atoms with Gasteiger partial charge in [-0.15, -0.1) is 0 Å². The number of carbonyl (C=O) groups is 1. The van der Waals surface area contributed by atoms with E-state index in [-0.39, 0.29) is 17.9 Å². The van der Waals surface area contributed by atoms with Gasteiger partial charge in [-0.3, -0.25) is 9.69 Å². The molecular weight excluding hydrogens is 299 g/mol. The first kappa shape index (κ1) is 18.9. The number of ether oxygens (including phenoxy) is 1. The molecule has 0 saturated carbocycles. The Kier molecular flexibility index (Phi) is 7.21. The maximum absolute atomic E-state index is 11.7. The molecule has 20 heavy (non-hydrogen) atoms. The molecule has 0 bridgehead atoms. The lowest BCUT2D eigenvalue weighted by Crippen LogP contribution is -2.20. The summed E-state index contributed by atoms with van der Waals surface area (Å²) in [5.74, 6) is 0.109. The summed E-state index contributed by atoms with van der Waals surface area (Å²) in [7, 11) is 1.73. The van der Waals surface area contributed by atoms with Gasteiger partial charge in [0.1, 0.15) is 11.4 Å². The largest absolute Gasteiger partial charge is 0.508 e. The molecule has 1 unspecified atom stereocenters. The summed E-state index contributed by atoms with van der Waals surface area (Å²) in [6.07, 6.45) is 1.48. The second kappa shape index (κ2) is 7.63. The van der Waals surface area contributed by atoms with Crippen LogP contribution in [0, 0.1) is 0 Å². The third kappa shape index (κ3) is 8.92. The van der Waals surface area contributed by atoms with Crippen LogP contribution < -0.4 is 0 Å². The van der Waals surface area contributed by atoms with Crippen molar-refractivity contribution in [1.29, 1.82) is 0 Å². The second-order valence-corrected chi connectivity index (χ2v) is 6.06. The van der Waals surface area contributed by atoms with E-state index >= 15 is 0 Å². The van der Waals surface area contributed by atoms with Crippen molar-refractivity contribution in [3.63, 3.8) is 0 Å². The zero-order valence-electron chi connectivity index (χ0n) is 11.7. The molecule has 0 aromatic carbocycles. The van der Waals surface area contributed by atoms with E-state index in [0.29, 0.717) is 13.0 Å². The van der Waals surface area contributed by atoms with Crippen molar-refractivity contribution in [3.05, 3.63) is 11.8 Å². The number of alkyl halides is 3. The van der Waals surface area contributed by atoms with Gasteiger partial charge in [0.15, 0.2) is 0 Å². The van der Waals surface area contributed by atoms with Gasteiger partial charge >= 0.3 is 16.6 Å². The average molecular weight is 317 g/mol. The van der Waals surface area contributed by atoms with Crippen molar-refractivity contribution < 1.29 is 31.1 Å². The van der Waals surface area contributed by atoms with Crippen LogP contribution in [0.3, 0.4) is 0 Å². The first-order valence-corrected chi connectivity index (χ1v) is 6.69. The highest BCUT2D eigenvalue weighted by molar-refractivity contribution is 7.81. The van der Waals surface area contributed by atoms with Crippen LogP contribution in [0.1, 0.15) is 20.8 Å². The summed E-state index contributed by atoms with van der Waals surface area (Å²) in [6.45, 7) is 6.70. The molecular formula is C11H18F3NO4S. The van der Waals surface area contributed by atoms with Gasteiger partial charge in [-0.05, 0) is 33.9 Å². The summed E-state index contributed by atoms with van der Waals surface area (Å²) in [5.41, 5.74) is -5.12. The van der Waals surface area contributed by atoms with E-state index in [1.54, 1.807) is 11.9 Å². The van der Waals surface area contributed by atoms with Gasteiger partial charge in [0.05, 0.1) is 6.54 Å². The molecule has 1 rings (SSSR count). The fourth-order valence-corrected chi connectivity index (χ4v) is 1.41. The van der Waals surface area contributed by atoms with E-state index in [1.165, 1.54) is 6.08 Å². The highest BCUT2D eigenvalue weighted by atomic mass is 32.2. The van der Waals surface area contributed by atoms with Crippen LogP contribution in [0.25, 0.3) is 0 Å². The summed E-state index contributed by atoms with van der Waals surface area (Å²) in [4.78, 5) is 11.3. The Hall–Kier alpha value is -1.09. The summed E-state index contributed by atoms with van der Waals surface area (Å²) in [5, 5.41) is 0. The van der Waals surface area contributed by atoms with Crippen LogP contribution in [0.4, 0.5) is 13.2 Å². The smallest absolute Gasteiger partial charge is 0.462 e. The number of nitrogens with zero attached hydrogens (tertiary/aromatic N) is 1. The van der Waals surface area contributed by atoms with E-state index < -0.39 is 16.6 Å². The number of hydrogen-bond acceptors (Lipinski definition) is 5. The van der Waals surface area contributed by atoms with Crippen LogP contribution >= 0.6 is 0 Å². The quantitative estimate of drug-likeness (QED) is 0.745. The van der Waals surface area contributed by atoms with E-state index in [0.717, 1.165) is 0 Å². The monoisotopic (exact) mass is 317 g/mol. The lowest BCUT2D eigenvalue weighted by atomic mass is 10.2. The molecule has 0 fully saturated rings. The van der Waals surface area contributed by atoms with Gasteiger partial charge in [-0.2, -0.15) is 13.2 Å². The molecule has 0 aromatic rings. The predicted octanol–water partition coefficient (Wildman–Crippen LogP) is 1.97. The molecule has 1 aliphatic heterocycles. The Labute approximate surface area is 118 Å². The molecule has 0 saturated heterocycles. The normalized spacial score (nSPS) is 17.6. The SMILES string of the molecule is CC(C)(C)OC=O.CN1CC=C(OS(=O)C(F)(F)F)C1. The summed E-state index contributed by atoms with van der Waals surface area (Å²) in [6, 6.07) is 0. The van der Waals surface area contributed by atoms with Gasteiger partial charge in [-0.25, -0.2) is 4.21 Å². The lowest BCUT2D eigenvalue weighted by molar-refractivity contribution is -0.138. The zero-order valence-corrected chi connectivity index (χ0v) is 12.5. The molecule has 0 radical (unpaired) electrons. The predicted molar refractivity (Wildman–Crippen MR) is 67.8 cm³/mol. The number of halogens is 3. The summed E-state index contributed by atoms with van der Waals surface area (Å²) < 4.78 is 54.4. The molecule has 0 aromatic heterocycles. The molecule has 0 spiro atoms. The number of hydrogen-bond donors (Lipinski definition) is 0. The van der Waals surface area contributed by atoms with Crippen LogP contribution in [0.15, 0.2) is 11.8 Å². The molecule has 0 amide bonds. The molecule has 1 aliphatic rings. The van der Waals surface area contributed by atoms with Crippen LogP contribution in [-0.4, -0.2) is 46.8 Å². The van der Waals surface area contributed by atoms with Gasteiger partial charge in [-0.1, -0.05) is 0 Å². The van der Waals surface area contributed by atoms with Crippen molar-refractivity contribution in [2.45, 2.75) is 31.9 Å². The van der Waals surface area contributed by atoms with Crippen molar-refractivity contribution in [1.82, 2.24) is 4.90 Å². The first-order chi connectivity index (χ1) is 8.95. The number of rotatable bonds is 3. The van der Waals surface area contributed by atoms with E-state index in [4.69, 9.17) is 0 Å². The Bertz CT molecular complexity index is 377. The minimum absolute atomic E-state index is 0.109. The zero-order chi connectivity index (χ0) is 16.0. The van der Waals surface area contributed by atoms with E-state index in [1.807, 2.05) is 20.8 Å². The van der Waals surface area contributed by atoms with Gasteiger partial charge in [0.2, 0.25) is 0 Å². The number of carbonyl (C=O) groups excluding carboxylic acids is 1. The fraction of sp³-hybridized carbons (Fsp3) is 0.727. The maximum atomic E-state index is 11.7. The molecule has 0 aliphatic carbocycles. The number of likely N-dealkylation sites (N-methyl/N-ethyl adjacent to an activating group) is 1. The lowest BCUT2D eigenvalue weighted by Gasteiger charge is -2.14. The minimum atomic E-state index is -4.80. The van der Waals surface area contributed by atoms with E-state index in [9.17, 15) is 22.2 Å². The standard InChI is InChI=1S/C6H8F3NO2S.C5H10O2/c1-10-3-2-5(4-10)12-13(11)6(7,8)9;1-5(2,3)7-4-6/h2H,3-4H2,1H3;4H,1-3H3. The van der Waals surface area contributed by atoms with Crippen LogP contribution in [-0.2, 0) is 24.8 Å². The molecule has 0 N–H and O–H groups in total. The Morgan fingerprint density at radius 2 is 1.90 bits per heavy atom. The van der Waals surface area contributed by atoms with Gasteiger partial charge < -0.3 is 8.92 Å². The first-order valence-electron chi connectivity index (χ1n) is 5.61. The molecule has 9 heteroatoms.